The number of rotatable bonds is 14. The van der Waals surface area contributed by atoms with Crippen LogP contribution in [-0.2, 0) is 18.7 Å². The quantitative estimate of drug-likeness (QED) is 0.100. The number of carbonyl (C=O) groups is 2. The lowest BCUT2D eigenvalue weighted by atomic mass is 10.2. The topological polar surface area (TPSA) is 219 Å². The van der Waals surface area contributed by atoms with Gasteiger partial charge in [0.25, 0.3) is 0 Å². The number of carboxylic acid groups (broad SMARTS) is 2. The highest BCUT2D eigenvalue weighted by molar-refractivity contribution is 8.76. The van der Waals surface area contributed by atoms with Crippen LogP contribution < -0.4 is 5.73 Å². The number of aliphatic carboxylic acids is 2. The standard InChI is InChI=1S/C10H22N2O10P2S2/c11-7(9(13)14)1-3-25-26-4-2-8(10(15)16)12(5-23(17,18)19)6-24(20,21)22/h7-8H,1-6,11H2,(H,13,14)(H,15,16)(H2,17,18,19)(H2,20,21,22)/t7?,8-/m0/s1. The van der Waals surface area contributed by atoms with Gasteiger partial charge in [0.2, 0.25) is 0 Å². The number of nitrogens with two attached hydrogens (primary N) is 1. The van der Waals surface area contributed by atoms with Gasteiger partial charge in [-0.25, -0.2) is 0 Å². The van der Waals surface area contributed by atoms with Crippen molar-refractivity contribution in [1.29, 1.82) is 0 Å². The van der Waals surface area contributed by atoms with E-state index in [1.165, 1.54) is 21.6 Å². The molecule has 26 heavy (non-hydrogen) atoms. The summed E-state index contributed by atoms with van der Waals surface area (Å²) in [6.45, 7) is 0. The molecule has 1 unspecified atom stereocenters. The molecule has 0 heterocycles. The van der Waals surface area contributed by atoms with Crippen LogP contribution in [0.5, 0.6) is 0 Å². The van der Waals surface area contributed by atoms with Crippen LogP contribution in [-0.4, -0.2) is 82.8 Å². The van der Waals surface area contributed by atoms with Gasteiger partial charge in [-0.3, -0.25) is 23.6 Å². The van der Waals surface area contributed by atoms with Crippen LogP contribution in [0.4, 0.5) is 0 Å². The smallest absolute Gasteiger partial charge is 0.339 e. The minimum atomic E-state index is -4.73. The Kier molecular flexibility index (Phi) is 11.6. The van der Waals surface area contributed by atoms with Crippen molar-refractivity contribution in [1.82, 2.24) is 4.90 Å². The maximum Gasteiger partial charge on any atom is 0.339 e. The van der Waals surface area contributed by atoms with Crippen LogP contribution in [0, 0.1) is 0 Å². The van der Waals surface area contributed by atoms with Gasteiger partial charge in [0.05, 0.1) is 0 Å². The average molecular weight is 456 g/mol. The van der Waals surface area contributed by atoms with Gasteiger partial charge >= 0.3 is 27.1 Å². The summed E-state index contributed by atoms with van der Waals surface area (Å²) in [6, 6.07) is -2.50. The molecule has 0 saturated heterocycles. The summed E-state index contributed by atoms with van der Waals surface area (Å²) in [6.07, 6.45) is -2.11. The van der Waals surface area contributed by atoms with Gasteiger partial charge in [-0.15, -0.1) is 0 Å². The van der Waals surface area contributed by atoms with E-state index < -0.39 is 51.8 Å². The lowest BCUT2D eigenvalue weighted by Gasteiger charge is -2.28. The van der Waals surface area contributed by atoms with E-state index in [0.29, 0.717) is 10.7 Å². The zero-order valence-corrected chi connectivity index (χ0v) is 16.9. The van der Waals surface area contributed by atoms with Crippen LogP contribution in [0.3, 0.4) is 0 Å². The zero-order valence-electron chi connectivity index (χ0n) is 13.4. The normalized spacial score (nSPS) is 15.0. The third kappa shape index (κ3) is 13.1. The molecule has 8 N–H and O–H groups in total. The first-order valence-corrected chi connectivity index (χ1v) is 13.1. The number of carboxylic acids is 2. The van der Waals surface area contributed by atoms with E-state index >= 15 is 0 Å². The SMILES string of the molecule is NC(CCSSCC[C@@H](C(=O)O)N(CP(=O)(O)O)CP(=O)(O)O)C(=O)O. The van der Waals surface area contributed by atoms with Crippen molar-refractivity contribution >= 4 is 48.7 Å². The first-order chi connectivity index (χ1) is 11.7. The predicted molar refractivity (Wildman–Crippen MR) is 96.8 cm³/mol. The Morgan fingerprint density at radius 3 is 1.65 bits per heavy atom. The van der Waals surface area contributed by atoms with Crippen LogP contribution in [0.25, 0.3) is 0 Å². The van der Waals surface area contributed by atoms with Gasteiger partial charge in [0.1, 0.15) is 24.7 Å². The predicted octanol–water partition coefficient (Wildman–Crippen LogP) is -0.415. The Hall–Kier alpha value is -0.140. The minimum absolute atomic E-state index is 0.127. The minimum Gasteiger partial charge on any atom is -0.480 e. The summed E-state index contributed by atoms with van der Waals surface area (Å²) < 4.78 is 22.3. The molecule has 0 fully saturated rings. The fourth-order valence-electron chi connectivity index (χ4n) is 1.75. The first-order valence-electron chi connectivity index (χ1n) is 7.01. The van der Waals surface area contributed by atoms with E-state index in [1.54, 1.807) is 0 Å². The molecule has 0 aromatic heterocycles. The third-order valence-corrected chi connectivity index (χ3v) is 6.78. The summed E-state index contributed by atoms with van der Waals surface area (Å²) >= 11 is 0. The van der Waals surface area contributed by atoms with E-state index in [0.717, 1.165) is 0 Å². The highest BCUT2D eigenvalue weighted by Gasteiger charge is 2.34. The maximum atomic E-state index is 11.4. The fraction of sp³-hybridized carbons (Fsp3) is 0.800. The molecule has 0 aromatic carbocycles. The largest absolute Gasteiger partial charge is 0.480 e. The summed E-state index contributed by atoms with van der Waals surface area (Å²) in [4.78, 5) is 58.5. The van der Waals surface area contributed by atoms with Crippen molar-refractivity contribution in [2.45, 2.75) is 24.9 Å². The molecular formula is C10H22N2O10P2S2. The first kappa shape index (κ1) is 25.9. The van der Waals surface area contributed by atoms with Crippen molar-refractivity contribution in [2.24, 2.45) is 5.73 Å². The number of nitrogens with zero attached hydrogens (tertiary/aromatic N) is 1. The van der Waals surface area contributed by atoms with Crippen LogP contribution in [0.2, 0.25) is 0 Å². The highest BCUT2D eigenvalue weighted by atomic mass is 33.1. The Morgan fingerprint density at radius 2 is 1.31 bits per heavy atom. The molecular weight excluding hydrogens is 434 g/mol. The molecule has 0 saturated carbocycles. The molecule has 0 rings (SSSR count). The van der Waals surface area contributed by atoms with E-state index in [2.05, 4.69) is 0 Å². The van der Waals surface area contributed by atoms with Crippen molar-refractivity contribution < 1.29 is 48.5 Å². The molecule has 0 spiro atoms. The lowest BCUT2D eigenvalue weighted by molar-refractivity contribution is -0.142. The second-order valence-corrected chi connectivity index (χ2v) is 11.1. The fourth-order valence-corrected chi connectivity index (χ4v) is 5.64. The van der Waals surface area contributed by atoms with Crippen molar-refractivity contribution in [3.63, 3.8) is 0 Å². The zero-order chi connectivity index (χ0) is 20.5. The molecule has 0 bridgehead atoms. The molecule has 0 amide bonds. The van der Waals surface area contributed by atoms with E-state index in [-0.39, 0.29) is 18.6 Å². The molecule has 12 nitrogen and oxygen atoms in total. The average Bonchev–Trinajstić information content (AvgIpc) is 2.41. The summed E-state index contributed by atoms with van der Waals surface area (Å²) in [7, 11) is -7.03. The van der Waals surface area contributed by atoms with Crippen molar-refractivity contribution in [3.05, 3.63) is 0 Å². The highest BCUT2D eigenvalue weighted by Crippen LogP contribution is 2.42. The molecule has 0 aliphatic carbocycles. The van der Waals surface area contributed by atoms with Gasteiger partial charge in [-0.2, -0.15) is 0 Å². The Balaban J connectivity index is 4.66. The molecule has 0 aliphatic rings. The summed E-state index contributed by atoms with van der Waals surface area (Å²) in [5.74, 6) is -2.01. The van der Waals surface area contributed by atoms with Gasteiger partial charge in [0, 0.05) is 11.5 Å². The number of hydrogen-bond acceptors (Lipinski definition) is 8. The van der Waals surface area contributed by atoms with Crippen LogP contribution in [0.15, 0.2) is 0 Å². The Bertz CT molecular complexity index is 544. The van der Waals surface area contributed by atoms with Gasteiger partial charge in [-0.1, -0.05) is 21.6 Å². The van der Waals surface area contributed by atoms with Gasteiger partial charge in [0.15, 0.2) is 0 Å². The van der Waals surface area contributed by atoms with E-state index in [1.807, 2.05) is 0 Å². The van der Waals surface area contributed by atoms with Crippen LogP contribution >= 0.6 is 36.8 Å². The lowest BCUT2D eigenvalue weighted by Crippen LogP contribution is -2.42. The number of hydrogen-bond donors (Lipinski definition) is 7. The second-order valence-electron chi connectivity index (χ2n) is 5.22. The van der Waals surface area contributed by atoms with Gasteiger partial charge in [-0.05, 0) is 12.8 Å². The van der Waals surface area contributed by atoms with Gasteiger partial charge < -0.3 is 35.5 Å². The van der Waals surface area contributed by atoms with E-state index in [9.17, 15) is 23.8 Å². The maximum absolute atomic E-state index is 11.4. The molecule has 0 aliphatic heterocycles. The molecule has 16 heteroatoms. The van der Waals surface area contributed by atoms with E-state index in [4.69, 9.17) is 30.4 Å². The Labute approximate surface area is 157 Å². The summed E-state index contributed by atoms with van der Waals surface area (Å²) in [5, 5.41) is 17.9. The monoisotopic (exact) mass is 456 g/mol. The molecule has 0 aromatic rings. The van der Waals surface area contributed by atoms with Crippen molar-refractivity contribution in [3.8, 4) is 0 Å². The molecule has 154 valence electrons. The second kappa shape index (κ2) is 11.6. The van der Waals surface area contributed by atoms with Crippen LogP contribution in [0.1, 0.15) is 12.8 Å². The summed E-state index contributed by atoms with van der Waals surface area (Å²) in [5.41, 5.74) is 5.32. The molecule has 2 atom stereocenters. The van der Waals surface area contributed by atoms with Crippen molar-refractivity contribution in [2.75, 3.05) is 24.1 Å². The Morgan fingerprint density at radius 1 is 0.885 bits per heavy atom. The molecule has 0 radical (unpaired) electrons. The third-order valence-electron chi connectivity index (χ3n) is 2.84.